The number of nitrogens with zero attached hydrogens (tertiary/aromatic N) is 5. The summed E-state index contributed by atoms with van der Waals surface area (Å²) in [4.78, 5) is 43.5. The number of hydrogen-bond donors (Lipinski definition) is 0. The van der Waals surface area contributed by atoms with Crippen LogP contribution in [0.1, 0.15) is 38.2 Å². The summed E-state index contributed by atoms with van der Waals surface area (Å²) in [6, 6.07) is 9.77. The van der Waals surface area contributed by atoms with E-state index in [4.69, 9.17) is 9.47 Å². The van der Waals surface area contributed by atoms with E-state index < -0.39 is 10.5 Å². The summed E-state index contributed by atoms with van der Waals surface area (Å²) in [7, 11) is 1.83. The number of hydrogen-bond acceptors (Lipinski definition) is 7. The average Bonchev–Trinajstić information content (AvgIpc) is 3.13. The second kappa shape index (κ2) is 9.48. The Morgan fingerprint density at radius 3 is 2.50 bits per heavy atom. The maximum absolute atomic E-state index is 13.4. The number of amides is 2. The molecule has 3 heterocycles. The van der Waals surface area contributed by atoms with E-state index in [1.54, 1.807) is 28.0 Å². The minimum Gasteiger partial charge on any atom is -0.444 e. The molecule has 0 saturated carbocycles. The molecule has 11 nitrogen and oxygen atoms in total. The Morgan fingerprint density at radius 1 is 1.14 bits per heavy atom. The average molecular weight is 496 g/mol. The SMILES string of the molecule is CC1CN(C(=O)OC(C)(C)C)CCN1C(=O)c1cc2cc(Oc3ccc([N+](=O)[O-])cn3)ccc2n1C. The first kappa shape index (κ1) is 25.0. The lowest BCUT2D eigenvalue weighted by atomic mass is 10.1. The van der Waals surface area contributed by atoms with Crippen LogP contribution in [-0.4, -0.2) is 67.6 Å². The largest absolute Gasteiger partial charge is 0.444 e. The molecule has 2 amide bonds. The summed E-state index contributed by atoms with van der Waals surface area (Å²) in [5.74, 6) is 0.598. The lowest BCUT2D eigenvalue weighted by Gasteiger charge is -2.40. The number of benzene rings is 1. The molecule has 1 aromatic carbocycles. The minimum absolute atomic E-state index is 0.120. The fourth-order valence-electron chi connectivity index (χ4n) is 4.16. The Morgan fingerprint density at radius 2 is 1.89 bits per heavy atom. The zero-order valence-electron chi connectivity index (χ0n) is 20.9. The van der Waals surface area contributed by atoms with E-state index in [0.29, 0.717) is 31.1 Å². The number of nitro groups is 1. The molecule has 190 valence electrons. The summed E-state index contributed by atoms with van der Waals surface area (Å²) >= 11 is 0. The molecule has 0 spiro atoms. The maximum atomic E-state index is 13.4. The fraction of sp³-hybridized carbons (Fsp3) is 0.400. The summed E-state index contributed by atoms with van der Waals surface area (Å²) in [6.45, 7) is 8.59. The third kappa shape index (κ3) is 5.24. The van der Waals surface area contributed by atoms with Crippen LogP contribution in [0.2, 0.25) is 0 Å². The Balaban J connectivity index is 1.49. The Hall–Kier alpha value is -4.15. The molecule has 1 aliphatic heterocycles. The number of ether oxygens (including phenoxy) is 2. The summed E-state index contributed by atoms with van der Waals surface area (Å²) in [5.41, 5.74) is 0.675. The molecule has 0 bridgehead atoms. The zero-order chi connectivity index (χ0) is 26.2. The van der Waals surface area contributed by atoms with Gasteiger partial charge in [0.25, 0.3) is 11.6 Å². The molecule has 36 heavy (non-hydrogen) atoms. The van der Waals surface area contributed by atoms with Crippen molar-refractivity contribution in [1.29, 1.82) is 0 Å². The number of aromatic nitrogens is 2. The van der Waals surface area contributed by atoms with Gasteiger partial charge in [-0.1, -0.05) is 0 Å². The number of pyridine rings is 1. The highest BCUT2D eigenvalue weighted by Crippen LogP contribution is 2.28. The molecule has 0 N–H and O–H groups in total. The topological polar surface area (TPSA) is 120 Å². The van der Waals surface area contributed by atoms with Crippen LogP contribution in [-0.2, 0) is 11.8 Å². The smallest absolute Gasteiger partial charge is 0.410 e. The van der Waals surface area contributed by atoms with E-state index in [-0.39, 0.29) is 29.6 Å². The number of carbonyl (C=O) groups excluding carboxylic acids is 2. The summed E-state index contributed by atoms with van der Waals surface area (Å²) in [6.07, 6.45) is 0.762. The van der Waals surface area contributed by atoms with Crippen LogP contribution in [0, 0.1) is 10.1 Å². The first-order valence-corrected chi connectivity index (χ1v) is 11.6. The highest BCUT2D eigenvalue weighted by molar-refractivity contribution is 5.99. The monoisotopic (exact) mass is 495 g/mol. The van der Waals surface area contributed by atoms with Crippen LogP contribution in [0.25, 0.3) is 10.9 Å². The summed E-state index contributed by atoms with van der Waals surface area (Å²) < 4.78 is 13.0. The molecule has 1 fully saturated rings. The number of rotatable bonds is 4. The highest BCUT2D eigenvalue weighted by Gasteiger charge is 2.33. The van der Waals surface area contributed by atoms with Gasteiger partial charge in [-0.15, -0.1) is 0 Å². The molecule has 1 aliphatic rings. The molecule has 0 radical (unpaired) electrons. The van der Waals surface area contributed by atoms with Gasteiger partial charge < -0.3 is 23.8 Å². The Bertz CT molecular complexity index is 1310. The van der Waals surface area contributed by atoms with Crippen molar-refractivity contribution in [2.24, 2.45) is 7.05 Å². The third-order valence-corrected chi connectivity index (χ3v) is 5.93. The third-order valence-electron chi connectivity index (χ3n) is 5.93. The number of aryl methyl sites for hydroxylation is 1. The van der Waals surface area contributed by atoms with Gasteiger partial charge in [0.2, 0.25) is 5.88 Å². The van der Waals surface area contributed by atoms with E-state index in [2.05, 4.69) is 4.98 Å². The Kier molecular flexibility index (Phi) is 6.57. The highest BCUT2D eigenvalue weighted by atomic mass is 16.6. The van der Waals surface area contributed by atoms with E-state index in [9.17, 15) is 19.7 Å². The van der Waals surface area contributed by atoms with Gasteiger partial charge in [-0.25, -0.2) is 9.78 Å². The normalized spacial score (nSPS) is 16.2. The number of piperazine rings is 1. The van der Waals surface area contributed by atoms with Crippen molar-refractivity contribution in [3.05, 3.63) is 58.4 Å². The molecular formula is C25H29N5O6. The standard InChI is InChI=1S/C25H29N5O6/c1-16-15-28(24(32)36-25(2,3)4)10-11-29(16)23(31)21-13-17-12-19(7-8-20(17)27(21)5)35-22-9-6-18(14-26-22)30(33)34/h6-9,12-14,16H,10-11,15H2,1-5H3. The van der Waals surface area contributed by atoms with Crippen molar-refractivity contribution in [3.63, 3.8) is 0 Å². The first-order valence-electron chi connectivity index (χ1n) is 11.6. The van der Waals surface area contributed by atoms with Crippen molar-refractivity contribution in [2.45, 2.75) is 39.3 Å². The minimum atomic E-state index is -0.576. The van der Waals surface area contributed by atoms with Crippen molar-refractivity contribution >= 4 is 28.6 Å². The molecule has 4 rings (SSSR count). The predicted molar refractivity (Wildman–Crippen MR) is 132 cm³/mol. The van der Waals surface area contributed by atoms with Crippen LogP contribution >= 0.6 is 0 Å². The lowest BCUT2D eigenvalue weighted by Crippen LogP contribution is -2.56. The van der Waals surface area contributed by atoms with Crippen molar-refractivity contribution < 1.29 is 24.0 Å². The first-order chi connectivity index (χ1) is 16.9. The maximum Gasteiger partial charge on any atom is 0.410 e. The van der Waals surface area contributed by atoms with Crippen LogP contribution in [0.5, 0.6) is 11.6 Å². The number of fused-ring (bicyclic) bond motifs is 1. The Labute approximate surface area is 208 Å². The van der Waals surface area contributed by atoms with Crippen molar-refractivity contribution in [3.8, 4) is 11.6 Å². The van der Waals surface area contributed by atoms with Gasteiger partial charge in [-0.2, -0.15) is 0 Å². The van der Waals surface area contributed by atoms with Gasteiger partial charge in [-0.05, 0) is 52.0 Å². The zero-order valence-corrected chi connectivity index (χ0v) is 20.9. The van der Waals surface area contributed by atoms with E-state index >= 15 is 0 Å². The quantitative estimate of drug-likeness (QED) is 0.390. The van der Waals surface area contributed by atoms with E-state index in [1.165, 1.54) is 12.1 Å². The van der Waals surface area contributed by atoms with Gasteiger partial charge in [0.15, 0.2) is 0 Å². The van der Waals surface area contributed by atoms with Gasteiger partial charge in [-0.3, -0.25) is 14.9 Å². The molecule has 1 atom stereocenters. The van der Waals surface area contributed by atoms with Crippen LogP contribution < -0.4 is 4.74 Å². The van der Waals surface area contributed by atoms with Gasteiger partial charge in [0.1, 0.15) is 23.2 Å². The van der Waals surface area contributed by atoms with Gasteiger partial charge in [0.05, 0.1) is 4.92 Å². The molecule has 1 saturated heterocycles. The molecule has 11 heteroatoms. The molecule has 2 aromatic heterocycles. The van der Waals surface area contributed by atoms with Crippen molar-refractivity contribution in [1.82, 2.24) is 19.4 Å². The number of carbonyl (C=O) groups is 2. The second-order valence-corrected chi connectivity index (χ2v) is 9.80. The summed E-state index contributed by atoms with van der Waals surface area (Å²) in [5, 5.41) is 11.6. The molecular weight excluding hydrogens is 466 g/mol. The van der Waals surface area contributed by atoms with Gasteiger partial charge >= 0.3 is 6.09 Å². The molecule has 3 aromatic rings. The predicted octanol–water partition coefficient (Wildman–Crippen LogP) is 4.36. The van der Waals surface area contributed by atoms with Crippen LogP contribution in [0.3, 0.4) is 0 Å². The van der Waals surface area contributed by atoms with Crippen LogP contribution in [0.4, 0.5) is 10.5 Å². The molecule has 1 unspecified atom stereocenters. The van der Waals surface area contributed by atoms with E-state index in [0.717, 1.165) is 17.1 Å². The second-order valence-electron chi connectivity index (χ2n) is 9.80. The van der Waals surface area contributed by atoms with Gasteiger partial charge in [0, 0.05) is 55.8 Å². The van der Waals surface area contributed by atoms with Crippen molar-refractivity contribution in [2.75, 3.05) is 19.6 Å². The fourth-order valence-corrected chi connectivity index (χ4v) is 4.16. The van der Waals surface area contributed by atoms with E-state index in [1.807, 2.05) is 45.4 Å². The molecule has 0 aliphatic carbocycles. The lowest BCUT2D eigenvalue weighted by molar-refractivity contribution is -0.385. The van der Waals surface area contributed by atoms with Crippen LogP contribution in [0.15, 0.2) is 42.6 Å².